The third-order valence-electron chi connectivity index (χ3n) is 4.55. The van der Waals surface area contributed by atoms with Gasteiger partial charge in [0.2, 0.25) is 5.91 Å². The van der Waals surface area contributed by atoms with Crippen molar-refractivity contribution in [3.8, 4) is 11.3 Å². The Hall–Kier alpha value is -4.26. The number of hydrogen-bond donors (Lipinski definition) is 4. The molecular weight excluding hydrogens is 513 g/mol. The highest BCUT2D eigenvalue weighted by molar-refractivity contribution is 6.33. The lowest BCUT2D eigenvalue weighted by molar-refractivity contribution is -0.119. The average Bonchev–Trinajstić information content (AvgIpc) is 3.22. The molecule has 0 aliphatic rings. The molecule has 1 aromatic heterocycles. The molecule has 0 bridgehead atoms. The molecule has 0 atom stereocenters. The molecule has 0 aliphatic carbocycles. The monoisotopic (exact) mass is 527 g/mol. The number of nitrogens with one attached hydrogen (secondary N) is 4. The number of carbonyl (C=O) groups excluding carboxylic acids is 2. The molecule has 0 aliphatic heterocycles. The second-order valence-corrected chi connectivity index (χ2v) is 7.41. The Balaban J connectivity index is 2.32. The van der Waals surface area contributed by atoms with Crippen molar-refractivity contribution in [3.63, 3.8) is 0 Å². The summed E-state index contributed by atoms with van der Waals surface area (Å²) < 4.78 is 75.9. The van der Waals surface area contributed by atoms with Crippen molar-refractivity contribution in [1.82, 2.24) is 16.0 Å². The lowest BCUT2D eigenvalue weighted by Crippen LogP contribution is -2.40. The predicted molar refractivity (Wildman–Crippen MR) is 120 cm³/mol. The van der Waals surface area contributed by atoms with E-state index in [1.807, 2.05) is 16.2 Å². The molecule has 0 unspecified atom stereocenters. The number of hydrazine groups is 1. The SMILES string of the molecule is CC(=O)NNC(=O)c1c(-c2c(F)cccc2Cl)noc1/C(C=N)=C(/Nc1ccccc1F)C(F)(F)F. The summed E-state index contributed by atoms with van der Waals surface area (Å²) in [5.74, 6) is -4.96. The van der Waals surface area contributed by atoms with E-state index in [0.717, 1.165) is 25.1 Å². The molecule has 2 amide bonds. The maximum atomic E-state index is 14.6. The Morgan fingerprint density at radius 1 is 1.06 bits per heavy atom. The van der Waals surface area contributed by atoms with Crippen LogP contribution in [0.2, 0.25) is 5.02 Å². The third-order valence-corrected chi connectivity index (χ3v) is 4.86. The van der Waals surface area contributed by atoms with Gasteiger partial charge in [-0.1, -0.05) is 35.0 Å². The van der Waals surface area contributed by atoms with Gasteiger partial charge in [0.15, 0.2) is 5.76 Å². The fourth-order valence-electron chi connectivity index (χ4n) is 3.03. The summed E-state index contributed by atoms with van der Waals surface area (Å²) in [5, 5.41) is 12.8. The quantitative estimate of drug-likeness (QED) is 0.202. The summed E-state index contributed by atoms with van der Waals surface area (Å²) in [5.41, 5.74) is -1.37. The van der Waals surface area contributed by atoms with Gasteiger partial charge in [0.1, 0.15) is 28.6 Å². The lowest BCUT2D eigenvalue weighted by Gasteiger charge is -2.17. The number of rotatable bonds is 6. The molecule has 0 saturated heterocycles. The van der Waals surface area contributed by atoms with Crippen molar-refractivity contribution in [2.75, 3.05) is 5.32 Å². The highest BCUT2D eigenvalue weighted by Gasteiger charge is 2.40. The first kappa shape index (κ1) is 26.3. The molecule has 0 spiro atoms. The summed E-state index contributed by atoms with van der Waals surface area (Å²) in [4.78, 5) is 24.1. The van der Waals surface area contributed by atoms with E-state index in [-0.39, 0.29) is 11.2 Å². The zero-order valence-corrected chi connectivity index (χ0v) is 18.8. The van der Waals surface area contributed by atoms with Crippen LogP contribution in [0.4, 0.5) is 27.6 Å². The van der Waals surface area contributed by atoms with Crippen LogP contribution < -0.4 is 16.2 Å². The molecule has 188 valence electrons. The van der Waals surface area contributed by atoms with Crippen molar-refractivity contribution in [1.29, 1.82) is 5.41 Å². The second-order valence-electron chi connectivity index (χ2n) is 7.00. The Morgan fingerprint density at radius 3 is 2.31 bits per heavy atom. The van der Waals surface area contributed by atoms with Crippen LogP contribution in [0, 0.1) is 17.0 Å². The highest BCUT2D eigenvalue weighted by atomic mass is 35.5. The average molecular weight is 528 g/mol. The number of carbonyl (C=O) groups is 2. The van der Waals surface area contributed by atoms with E-state index in [9.17, 15) is 31.5 Å². The summed E-state index contributed by atoms with van der Waals surface area (Å²) in [6.45, 7) is 1.03. The van der Waals surface area contributed by atoms with Crippen LogP contribution in [0.5, 0.6) is 0 Å². The van der Waals surface area contributed by atoms with Gasteiger partial charge in [-0.2, -0.15) is 13.2 Å². The molecule has 3 aromatic rings. The Morgan fingerprint density at radius 2 is 1.72 bits per heavy atom. The number of nitrogens with zero attached hydrogens (tertiary/aromatic N) is 1. The van der Waals surface area contributed by atoms with Gasteiger partial charge in [0.25, 0.3) is 5.91 Å². The maximum absolute atomic E-state index is 14.6. The minimum atomic E-state index is -5.22. The fraction of sp³-hybridized carbons (Fsp3) is 0.0909. The minimum absolute atomic E-state index is 0.194. The molecule has 4 N–H and O–H groups in total. The molecule has 2 aromatic carbocycles. The van der Waals surface area contributed by atoms with Crippen molar-refractivity contribution in [2.24, 2.45) is 0 Å². The van der Waals surface area contributed by atoms with Crippen LogP contribution in [-0.2, 0) is 4.79 Å². The summed E-state index contributed by atoms with van der Waals surface area (Å²) in [7, 11) is 0. The van der Waals surface area contributed by atoms with Gasteiger partial charge in [-0.15, -0.1) is 0 Å². The van der Waals surface area contributed by atoms with Crippen LogP contribution in [0.15, 0.2) is 52.7 Å². The van der Waals surface area contributed by atoms with Crippen LogP contribution in [0.1, 0.15) is 23.0 Å². The Labute approximate surface area is 204 Å². The molecule has 8 nitrogen and oxygen atoms in total. The smallest absolute Gasteiger partial charge is 0.355 e. The molecule has 14 heteroatoms. The zero-order chi connectivity index (χ0) is 26.6. The number of aromatic nitrogens is 1. The number of anilines is 1. The van der Waals surface area contributed by atoms with Crippen LogP contribution in [-0.4, -0.2) is 29.4 Å². The normalized spacial score (nSPS) is 12.0. The minimum Gasteiger partial charge on any atom is -0.355 e. The summed E-state index contributed by atoms with van der Waals surface area (Å²) in [6, 6.07) is 7.86. The van der Waals surface area contributed by atoms with Crippen molar-refractivity contribution in [2.45, 2.75) is 13.1 Å². The number of benzene rings is 2. The number of hydrogen-bond acceptors (Lipinski definition) is 6. The number of halogens is 6. The summed E-state index contributed by atoms with van der Waals surface area (Å²) in [6.07, 6.45) is -5.03. The van der Waals surface area contributed by atoms with Crippen molar-refractivity contribution >= 4 is 40.9 Å². The molecule has 1 heterocycles. The van der Waals surface area contributed by atoms with E-state index in [1.54, 1.807) is 0 Å². The van der Waals surface area contributed by atoms with Gasteiger partial charge < -0.3 is 15.2 Å². The Bertz CT molecular complexity index is 1350. The van der Waals surface area contributed by atoms with Crippen molar-refractivity contribution < 1.29 is 36.1 Å². The molecule has 0 saturated carbocycles. The number of amides is 2. The first-order chi connectivity index (χ1) is 17.0. The van der Waals surface area contributed by atoms with Gasteiger partial charge in [-0.25, -0.2) is 8.78 Å². The van der Waals surface area contributed by atoms with Gasteiger partial charge in [0.05, 0.1) is 21.8 Å². The van der Waals surface area contributed by atoms with Crippen molar-refractivity contribution in [3.05, 3.63) is 76.1 Å². The fourth-order valence-corrected chi connectivity index (χ4v) is 3.28. The largest absolute Gasteiger partial charge is 0.432 e. The van der Waals surface area contributed by atoms with Gasteiger partial charge in [0, 0.05) is 13.1 Å². The van der Waals surface area contributed by atoms with Crippen LogP contribution in [0.25, 0.3) is 16.8 Å². The third kappa shape index (κ3) is 5.51. The van der Waals surface area contributed by atoms with E-state index in [0.29, 0.717) is 0 Å². The van der Waals surface area contributed by atoms with Crippen LogP contribution >= 0.6 is 11.6 Å². The summed E-state index contributed by atoms with van der Waals surface area (Å²) >= 11 is 6.04. The number of alkyl halides is 3. The Kier molecular flexibility index (Phi) is 7.73. The predicted octanol–water partition coefficient (Wildman–Crippen LogP) is 5.09. The topological polar surface area (TPSA) is 120 Å². The van der Waals surface area contributed by atoms with E-state index < -0.39 is 69.2 Å². The first-order valence-corrected chi connectivity index (χ1v) is 10.2. The van der Waals surface area contributed by atoms with E-state index in [4.69, 9.17) is 21.5 Å². The number of para-hydroxylation sites is 1. The maximum Gasteiger partial charge on any atom is 0.432 e. The molecule has 0 radical (unpaired) electrons. The van der Waals surface area contributed by atoms with E-state index in [1.165, 1.54) is 24.3 Å². The molecule has 0 fully saturated rings. The first-order valence-electron chi connectivity index (χ1n) is 9.80. The lowest BCUT2D eigenvalue weighted by atomic mass is 10.00. The molecule has 36 heavy (non-hydrogen) atoms. The zero-order valence-electron chi connectivity index (χ0n) is 18.1. The molecule has 3 rings (SSSR count). The van der Waals surface area contributed by atoms with E-state index >= 15 is 0 Å². The van der Waals surface area contributed by atoms with E-state index in [2.05, 4.69) is 5.16 Å². The van der Waals surface area contributed by atoms with Gasteiger partial charge in [-0.3, -0.25) is 20.4 Å². The number of allylic oxidation sites excluding steroid dienone is 2. The van der Waals surface area contributed by atoms with Gasteiger partial charge in [-0.05, 0) is 24.3 Å². The standard InChI is InChI=1S/C22H15ClF5N5O3/c1-10(34)31-32-21(35)17-18(16-12(23)5-4-7-14(16)25)33-36-19(17)11(9-29)20(22(26,27)28)30-15-8-3-2-6-13(15)24/h2-9,29-30H,1H3,(H,31,34)(H,32,35)/b20-11+,29-9?. The van der Waals surface area contributed by atoms with Crippen LogP contribution in [0.3, 0.4) is 0 Å². The molecular formula is C22H15ClF5N5O3. The highest BCUT2D eigenvalue weighted by Crippen LogP contribution is 2.39. The second kappa shape index (κ2) is 10.6. The van der Waals surface area contributed by atoms with Gasteiger partial charge >= 0.3 is 6.18 Å².